The molecule has 0 aliphatic rings. The van der Waals surface area contributed by atoms with Crippen LogP contribution in [0.1, 0.15) is 1.43 Å². The molecule has 0 bridgehead atoms. The summed E-state index contributed by atoms with van der Waals surface area (Å²) >= 11 is 0. The molecule has 1 rings (SSSR count). The summed E-state index contributed by atoms with van der Waals surface area (Å²) in [7, 11) is -4.60. The normalized spacial score (nSPS) is 10.3. The molecule has 0 spiro atoms. The van der Waals surface area contributed by atoms with Crippen LogP contribution in [0.4, 0.5) is 5.69 Å². The molecule has 0 fully saturated rings. The molecule has 0 heterocycles. The molecule has 0 radical (unpaired) electrons. The van der Waals surface area contributed by atoms with Crippen LogP contribution in [0.25, 0.3) is 0 Å². The van der Waals surface area contributed by atoms with Crippen LogP contribution >= 0.6 is 7.82 Å². The molecule has 0 saturated carbocycles. The molecular formula is C6H7NNaO6P. The average Bonchev–Trinajstić information content (AvgIpc) is 2.02. The largest absolute Gasteiger partial charge is 1.00 e. The maximum absolute atomic E-state index is 10.4. The summed E-state index contributed by atoms with van der Waals surface area (Å²) < 4.78 is 14.5. The fraction of sp³-hybridized carbons (Fsp3) is 0. The molecule has 1 aromatic carbocycles. The maximum atomic E-state index is 10.4. The number of nitro groups is 1. The van der Waals surface area contributed by atoms with E-state index in [9.17, 15) is 14.7 Å². The zero-order valence-corrected chi connectivity index (χ0v) is 10.6. The van der Waals surface area contributed by atoms with Gasteiger partial charge in [0, 0.05) is 12.1 Å². The number of rotatable bonds is 3. The average molecular weight is 243 g/mol. The van der Waals surface area contributed by atoms with Gasteiger partial charge in [0.25, 0.3) is 5.69 Å². The minimum absolute atomic E-state index is 0. The van der Waals surface area contributed by atoms with Crippen molar-refractivity contribution >= 4 is 13.5 Å². The zero-order chi connectivity index (χ0) is 10.8. The smallest absolute Gasteiger partial charge is 1.00 e. The van der Waals surface area contributed by atoms with Gasteiger partial charge >= 0.3 is 37.4 Å². The SMILES string of the molecule is O=[N+]([O-])c1ccc(OP(=O)(O)O)cc1.[H-].[Na+]. The Hall–Kier alpha value is -0.430. The summed E-state index contributed by atoms with van der Waals surface area (Å²) in [6.45, 7) is 0. The summed E-state index contributed by atoms with van der Waals surface area (Å²) in [5, 5.41) is 10.2. The fourth-order valence-electron chi connectivity index (χ4n) is 0.766. The Morgan fingerprint density at radius 3 is 2.13 bits per heavy atom. The maximum Gasteiger partial charge on any atom is 1.00 e. The summed E-state index contributed by atoms with van der Waals surface area (Å²) in [5.41, 5.74) is -0.178. The number of phosphoric acid groups is 1. The molecule has 0 aliphatic heterocycles. The van der Waals surface area contributed by atoms with Crippen molar-refractivity contribution in [1.82, 2.24) is 0 Å². The first-order valence-corrected chi connectivity index (χ1v) is 4.91. The molecule has 1 aromatic rings. The minimum Gasteiger partial charge on any atom is -1.00 e. The van der Waals surface area contributed by atoms with Crippen LogP contribution in [0.5, 0.6) is 5.75 Å². The van der Waals surface area contributed by atoms with Crippen LogP contribution in [0.2, 0.25) is 0 Å². The predicted octanol–water partition coefficient (Wildman–Crippen LogP) is -1.82. The van der Waals surface area contributed by atoms with Gasteiger partial charge in [-0.3, -0.25) is 19.9 Å². The van der Waals surface area contributed by atoms with Crippen LogP contribution in [0.15, 0.2) is 24.3 Å². The minimum atomic E-state index is -4.60. The van der Waals surface area contributed by atoms with E-state index in [4.69, 9.17) is 9.79 Å². The number of hydrogen-bond donors (Lipinski definition) is 2. The third-order valence-electron chi connectivity index (χ3n) is 1.27. The first kappa shape index (κ1) is 14.6. The third-order valence-corrected chi connectivity index (χ3v) is 1.72. The molecule has 0 aromatic heterocycles. The first-order valence-electron chi connectivity index (χ1n) is 3.38. The molecular weight excluding hydrogens is 236 g/mol. The molecule has 0 saturated heterocycles. The number of nitrogens with zero attached hydrogens (tertiary/aromatic N) is 1. The van der Waals surface area contributed by atoms with E-state index in [1.807, 2.05) is 0 Å². The van der Waals surface area contributed by atoms with Gasteiger partial charge in [-0.25, -0.2) is 4.57 Å². The second kappa shape index (κ2) is 5.60. The number of hydrogen-bond acceptors (Lipinski definition) is 4. The van der Waals surface area contributed by atoms with E-state index >= 15 is 0 Å². The predicted molar refractivity (Wildman–Crippen MR) is 46.9 cm³/mol. The fourth-order valence-corrected chi connectivity index (χ4v) is 1.16. The van der Waals surface area contributed by atoms with Crippen molar-refractivity contribution in [2.45, 2.75) is 0 Å². The quantitative estimate of drug-likeness (QED) is 0.280. The summed E-state index contributed by atoms with van der Waals surface area (Å²) in [5.74, 6) is -0.121. The van der Waals surface area contributed by atoms with Crippen molar-refractivity contribution in [3.8, 4) is 5.75 Å². The van der Waals surface area contributed by atoms with Gasteiger partial charge in [0.15, 0.2) is 0 Å². The van der Waals surface area contributed by atoms with Crippen LogP contribution in [-0.2, 0) is 4.57 Å². The van der Waals surface area contributed by atoms with Gasteiger partial charge in [-0.1, -0.05) is 0 Å². The van der Waals surface area contributed by atoms with Crippen molar-refractivity contribution < 1.29 is 54.8 Å². The van der Waals surface area contributed by atoms with Gasteiger partial charge in [-0.15, -0.1) is 0 Å². The number of benzene rings is 1. The molecule has 2 N–H and O–H groups in total. The molecule has 7 nitrogen and oxygen atoms in total. The van der Waals surface area contributed by atoms with E-state index < -0.39 is 12.7 Å². The first-order chi connectivity index (χ1) is 6.38. The van der Waals surface area contributed by atoms with E-state index in [0.717, 1.165) is 24.3 Å². The Morgan fingerprint density at radius 1 is 1.33 bits per heavy atom. The Bertz CT molecular complexity index is 393. The topological polar surface area (TPSA) is 110 Å². The van der Waals surface area contributed by atoms with Gasteiger partial charge in [-0.2, -0.15) is 0 Å². The van der Waals surface area contributed by atoms with Gasteiger partial charge in [-0.05, 0) is 12.1 Å². The second-order valence-electron chi connectivity index (χ2n) is 2.33. The van der Waals surface area contributed by atoms with Crippen LogP contribution in [0.3, 0.4) is 0 Å². The second-order valence-corrected chi connectivity index (χ2v) is 3.50. The number of phosphoric ester groups is 1. The van der Waals surface area contributed by atoms with Crippen molar-refractivity contribution in [3.05, 3.63) is 34.4 Å². The molecule has 78 valence electrons. The Morgan fingerprint density at radius 2 is 1.80 bits per heavy atom. The van der Waals surface area contributed by atoms with Gasteiger partial charge in [0.05, 0.1) is 4.92 Å². The third kappa shape index (κ3) is 5.27. The molecule has 0 atom stereocenters. The van der Waals surface area contributed by atoms with E-state index in [1.54, 1.807) is 0 Å². The summed E-state index contributed by atoms with van der Waals surface area (Å²) in [4.78, 5) is 26.4. The van der Waals surface area contributed by atoms with Gasteiger partial charge in [0.1, 0.15) is 5.75 Å². The van der Waals surface area contributed by atoms with Crippen LogP contribution in [-0.4, -0.2) is 14.7 Å². The van der Waals surface area contributed by atoms with E-state index in [0.29, 0.717) is 0 Å². The van der Waals surface area contributed by atoms with Crippen molar-refractivity contribution in [1.29, 1.82) is 0 Å². The van der Waals surface area contributed by atoms with Crippen molar-refractivity contribution in [2.24, 2.45) is 0 Å². The van der Waals surface area contributed by atoms with E-state index in [2.05, 4.69) is 4.52 Å². The van der Waals surface area contributed by atoms with Gasteiger partial charge < -0.3 is 5.95 Å². The van der Waals surface area contributed by atoms with Crippen molar-refractivity contribution in [3.63, 3.8) is 0 Å². The standard InChI is InChI=1S/C6H6NO6P.Na.H/c8-7(9)5-1-3-6(4-2-5)13-14(10,11)12;;/h1-4H,(H2,10,11,12);;/q;+1;-1. The van der Waals surface area contributed by atoms with E-state index in [1.165, 1.54) is 0 Å². The zero-order valence-electron chi connectivity index (χ0n) is 8.73. The molecule has 0 aliphatic carbocycles. The van der Waals surface area contributed by atoms with Crippen LogP contribution < -0.4 is 34.1 Å². The van der Waals surface area contributed by atoms with Crippen LogP contribution in [0, 0.1) is 10.1 Å². The Balaban J connectivity index is 0. The monoisotopic (exact) mass is 243 g/mol. The number of non-ortho nitro benzene ring substituents is 1. The van der Waals surface area contributed by atoms with Gasteiger partial charge in [0.2, 0.25) is 0 Å². The summed E-state index contributed by atoms with van der Waals surface area (Å²) in [6, 6.07) is 4.39. The molecule has 15 heavy (non-hydrogen) atoms. The van der Waals surface area contributed by atoms with Crippen molar-refractivity contribution in [2.75, 3.05) is 0 Å². The number of nitro benzene ring substituents is 1. The summed E-state index contributed by atoms with van der Waals surface area (Å²) in [6.07, 6.45) is 0. The molecule has 0 unspecified atom stereocenters. The molecule has 9 heteroatoms. The Kier molecular flexibility index (Phi) is 5.44. The molecule has 0 amide bonds. The van der Waals surface area contributed by atoms with E-state index in [-0.39, 0.29) is 42.4 Å². The Labute approximate surface area is 108 Å².